The van der Waals surface area contributed by atoms with E-state index in [2.05, 4.69) is 5.32 Å². The predicted octanol–water partition coefficient (Wildman–Crippen LogP) is 3.04. The molecule has 3 unspecified atom stereocenters. The highest BCUT2D eigenvalue weighted by molar-refractivity contribution is 5.23. The lowest BCUT2D eigenvalue weighted by Crippen LogP contribution is -2.32. The van der Waals surface area contributed by atoms with Crippen LogP contribution in [0.3, 0.4) is 0 Å². The fourth-order valence-electron chi connectivity index (χ4n) is 2.65. The van der Waals surface area contributed by atoms with Crippen LogP contribution in [0.4, 0.5) is 8.78 Å². The summed E-state index contributed by atoms with van der Waals surface area (Å²) in [6.45, 7) is 5.43. The van der Waals surface area contributed by atoms with Crippen molar-refractivity contribution in [3.05, 3.63) is 35.4 Å². The monoisotopic (exact) mass is 255 g/mol. The van der Waals surface area contributed by atoms with Gasteiger partial charge in [-0.1, -0.05) is 13.0 Å². The minimum absolute atomic E-state index is 0.0958. The highest BCUT2D eigenvalue weighted by Crippen LogP contribution is 2.34. The molecule has 1 heterocycles. The zero-order valence-electron chi connectivity index (χ0n) is 10.7. The summed E-state index contributed by atoms with van der Waals surface area (Å²) in [5.41, 5.74) is 0.528. The number of ether oxygens (including phenoxy) is 1. The topological polar surface area (TPSA) is 21.3 Å². The average molecular weight is 255 g/mol. The van der Waals surface area contributed by atoms with E-state index < -0.39 is 11.6 Å². The summed E-state index contributed by atoms with van der Waals surface area (Å²) < 4.78 is 32.4. The van der Waals surface area contributed by atoms with Crippen LogP contribution in [0.1, 0.15) is 31.9 Å². The van der Waals surface area contributed by atoms with Crippen molar-refractivity contribution in [2.75, 3.05) is 13.2 Å². The summed E-state index contributed by atoms with van der Waals surface area (Å²) in [6.07, 6.45) is 0.994. The minimum atomic E-state index is -0.540. The molecular weight excluding hydrogens is 236 g/mol. The second-order valence-corrected chi connectivity index (χ2v) is 4.73. The van der Waals surface area contributed by atoms with E-state index in [1.54, 1.807) is 0 Å². The van der Waals surface area contributed by atoms with E-state index in [-0.39, 0.29) is 18.1 Å². The molecule has 0 aromatic heterocycles. The van der Waals surface area contributed by atoms with E-state index in [0.29, 0.717) is 12.2 Å². The van der Waals surface area contributed by atoms with Crippen molar-refractivity contribution in [1.29, 1.82) is 0 Å². The number of benzene rings is 1. The number of nitrogens with one attached hydrogen (secondary N) is 1. The molecule has 0 amide bonds. The Balaban J connectivity index is 2.28. The Morgan fingerprint density at radius 3 is 2.78 bits per heavy atom. The summed E-state index contributed by atoms with van der Waals surface area (Å²) in [5, 5.41) is 3.29. The van der Waals surface area contributed by atoms with Crippen LogP contribution in [-0.2, 0) is 4.74 Å². The van der Waals surface area contributed by atoms with Gasteiger partial charge in [-0.25, -0.2) is 8.78 Å². The lowest BCUT2D eigenvalue weighted by molar-refractivity contribution is 0.0951. The van der Waals surface area contributed by atoms with E-state index in [1.807, 2.05) is 13.8 Å². The lowest BCUT2D eigenvalue weighted by atomic mass is 9.88. The van der Waals surface area contributed by atoms with E-state index in [9.17, 15) is 8.78 Å². The van der Waals surface area contributed by atoms with Crippen LogP contribution in [0.5, 0.6) is 0 Å². The van der Waals surface area contributed by atoms with Crippen LogP contribution in [0.2, 0.25) is 0 Å². The Morgan fingerprint density at radius 2 is 2.22 bits per heavy atom. The van der Waals surface area contributed by atoms with Gasteiger partial charge in [-0.3, -0.25) is 0 Å². The number of rotatable bonds is 4. The molecule has 0 bridgehead atoms. The maximum atomic E-state index is 13.9. The molecule has 18 heavy (non-hydrogen) atoms. The first-order chi connectivity index (χ1) is 8.63. The number of hydrogen-bond acceptors (Lipinski definition) is 2. The molecule has 0 aliphatic carbocycles. The third-order valence-electron chi connectivity index (χ3n) is 3.58. The molecule has 4 heteroatoms. The Hall–Kier alpha value is -1.00. The van der Waals surface area contributed by atoms with E-state index in [4.69, 9.17) is 4.74 Å². The van der Waals surface area contributed by atoms with Gasteiger partial charge in [-0.05, 0) is 26.0 Å². The van der Waals surface area contributed by atoms with Gasteiger partial charge in [0.2, 0.25) is 0 Å². The van der Waals surface area contributed by atoms with Crippen molar-refractivity contribution in [2.24, 2.45) is 5.92 Å². The molecule has 2 rings (SSSR count). The van der Waals surface area contributed by atoms with Crippen LogP contribution < -0.4 is 5.32 Å². The van der Waals surface area contributed by atoms with Crippen LogP contribution in [0.25, 0.3) is 0 Å². The van der Waals surface area contributed by atoms with Gasteiger partial charge in [0.1, 0.15) is 11.6 Å². The van der Waals surface area contributed by atoms with Gasteiger partial charge in [0.25, 0.3) is 0 Å². The molecule has 0 radical (unpaired) electrons. The van der Waals surface area contributed by atoms with Crippen LogP contribution >= 0.6 is 0 Å². The van der Waals surface area contributed by atoms with Gasteiger partial charge in [0.15, 0.2) is 0 Å². The SMILES string of the molecule is CCNC(c1ccc(F)cc1F)C1CCOC1C. The van der Waals surface area contributed by atoms with Gasteiger partial charge in [0.05, 0.1) is 6.10 Å². The van der Waals surface area contributed by atoms with Gasteiger partial charge < -0.3 is 10.1 Å². The number of halogens is 2. The zero-order chi connectivity index (χ0) is 13.1. The summed E-state index contributed by atoms with van der Waals surface area (Å²) in [4.78, 5) is 0. The van der Waals surface area contributed by atoms with Crippen LogP contribution in [0, 0.1) is 17.6 Å². The van der Waals surface area contributed by atoms with Crippen LogP contribution in [-0.4, -0.2) is 19.3 Å². The molecular formula is C14H19F2NO. The molecule has 1 aromatic carbocycles. The summed E-state index contributed by atoms with van der Waals surface area (Å²) in [5.74, 6) is -0.799. The molecule has 1 fully saturated rings. The summed E-state index contributed by atoms with van der Waals surface area (Å²) in [7, 11) is 0. The van der Waals surface area contributed by atoms with Crippen LogP contribution in [0.15, 0.2) is 18.2 Å². The molecule has 3 atom stereocenters. The lowest BCUT2D eigenvalue weighted by Gasteiger charge is -2.27. The second kappa shape index (κ2) is 5.76. The quantitative estimate of drug-likeness (QED) is 0.893. The standard InChI is InChI=1S/C14H19F2NO/c1-3-17-14(11-6-7-18-9(11)2)12-5-4-10(15)8-13(12)16/h4-5,8-9,11,14,17H,3,6-7H2,1-2H3. The fraction of sp³-hybridized carbons (Fsp3) is 0.571. The number of hydrogen-bond donors (Lipinski definition) is 1. The highest BCUT2D eigenvalue weighted by atomic mass is 19.1. The molecule has 1 aliphatic rings. The van der Waals surface area contributed by atoms with Crippen molar-refractivity contribution in [1.82, 2.24) is 5.32 Å². The van der Waals surface area contributed by atoms with Gasteiger partial charge in [-0.15, -0.1) is 0 Å². The van der Waals surface area contributed by atoms with E-state index in [1.165, 1.54) is 12.1 Å². The van der Waals surface area contributed by atoms with Crippen molar-refractivity contribution in [3.8, 4) is 0 Å². The predicted molar refractivity (Wildman–Crippen MR) is 66.3 cm³/mol. The zero-order valence-corrected chi connectivity index (χ0v) is 10.7. The molecule has 0 saturated carbocycles. The largest absolute Gasteiger partial charge is 0.378 e. The average Bonchev–Trinajstić information content (AvgIpc) is 2.73. The third kappa shape index (κ3) is 2.70. The normalized spacial score (nSPS) is 25.3. The van der Waals surface area contributed by atoms with E-state index >= 15 is 0 Å². The van der Waals surface area contributed by atoms with Gasteiger partial charge in [-0.2, -0.15) is 0 Å². The first kappa shape index (κ1) is 13.4. The Morgan fingerprint density at radius 1 is 1.44 bits per heavy atom. The molecule has 2 nitrogen and oxygen atoms in total. The fourth-order valence-corrected chi connectivity index (χ4v) is 2.65. The van der Waals surface area contributed by atoms with Crippen molar-refractivity contribution in [3.63, 3.8) is 0 Å². The van der Waals surface area contributed by atoms with Crippen molar-refractivity contribution in [2.45, 2.75) is 32.4 Å². The smallest absolute Gasteiger partial charge is 0.130 e. The second-order valence-electron chi connectivity index (χ2n) is 4.73. The molecule has 1 aromatic rings. The maximum Gasteiger partial charge on any atom is 0.130 e. The Labute approximate surface area is 106 Å². The van der Waals surface area contributed by atoms with Gasteiger partial charge in [0, 0.05) is 30.2 Å². The first-order valence-electron chi connectivity index (χ1n) is 6.43. The Bertz CT molecular complexity index is 411. The molecule has 1 saturated heterocycles. The maximum absolute atomic E-state index is 13.9. The molecule has 1 N–H and O–H groups in total. The summed E-state index contributed by atoms with van der Waals surface area (Å²) in [6, 6.07) is 3.67. The Kier molecular flexibility index (Phi) is 4.30. The third-order valence-corrected chi connectivity index (χ3v) is 3.58. The molecule has 100 valence electrons. The molecule has 0 spiro atoms. The van der Waals surface area contributed by atoms with Gasteiger partial charge >= 0.3 is 0 Å². The van der Waals surface area contributed by atoms with Crippen molar-refractivity contribution < 1.29 is 13.5 Å². The van der Waals surface area contributed by atoms with E-state index in [0.717, 1.165) is 19.0 Å². The minimum Gasteiger partial charge on any atom is -0.378 e. The first-order valence-corrected chi connectivity index (χ1v) is 6.43. The highest BCUT2D eigenvalue weighted by Gasteiger charge is 2.33. The molecule has 1 aliphatic heterocycles. The van der Waals surface area contributed by atoms with Crippen molar-refractivity contribution >= 4 is 0 Å². The summed E-state index contributed by atoms with van der Waals surface area (Å²) >= 11 is 0.